The lowest BCUT2D eigenvalue weighted by Gasteiger charge is -2.20. The summed E-state index contributed by atoms with van der Waals surface area (Å²) < 4.78 is 9.29. The van der Waals surface area contributed by atoms with Crippen molar-refractivity contribution >= 4 is 28.8 Å². The Morgan fingerprint density at radius 1 is 1.30 bits per heavy atom. The summed E-state index contributed by atoms with van der Waals surface area (Å²) in [4.78, 5) is 17.4. The van der Waals surface area contributed by atoms with Crippen LogP contribution in [0.25, 0.3) is 16.9 Å². The Bertz CT molecular complexity index is 1340. The molecule has 2 N–H and O–H groups in total. The van der Waals surface area contributed by atoms with E-state index in [2.05, 4.69) is 20.5 Å². The van der Waals surface area contributed by atoms with E-state index in [-0.39, 0.29) is 18.6 Å². The van der Waals surface area contributed by atoms with Crippen LogP contribution in [-0.2, 0) is 6.54 Å². The van der Waals surface area contributed by atoms with E-state index in [1.54, 1.807) is 55.3 Å². The second-order valence-electron chi connectivity index (χ2n) is 8.73. The first-order valence-corrected chi connectivity index (χ1v) is 11.0. The predicted molar refractivity (Wildman–Crippen MR) is 124 cm³/mol. The van der Waals surface area contributed by atoms with Crippen LogP contribution in [0.15, 0.2) is 49.1 Å². The molecule has 1 aliphatic rings. The van der Waals surface area contributed by atoms with E-state index in [9.17, 15) is 9.90 Å². The van der Waals surface area contributed by atoms with Crippen LogP contribution in [0, 0.1) is 0 Å². The Kier molecular flexibility index (Phi) is 5.30. The number of halogens is 1. The van der Waals surface area contributed by atoms with Crippen LogP contribution in [0.3, 0.4) is 0 Å². The smallest absolute Gasteiger partial charge is 0.261 e. The highest BCUT2D eigenvalue weighted by molar-refractivity contribution is 6.31. The van der Waals surface area contributed by atoms with Gasteiger partial charge in [-0.15, -0.1) is 0 Å². The number of anilines is 1. The van der Waals surface area contributed by atoms with Crippen molar-refractivity contribution in [3.63, 3.8) is 0 Å². The van der Waals surface area contributed by atoms with Crippen molar-refractivity contribution < 1.29 is 14.6 Å². The van der Waals surface area contributed by atoms with Gasteiger partial charge in [-0.3, -0.25) is 9.48 Å². The zero-order chi connectivity index (χ0) is 23.2. The van der Waals surface area contributed by atoms with Gasteiger partial charge in [0, 0.05) is 23.0 Å². The number of hydrogen-bond donors (Lipinski definition) is 2. The molecule has 3 heterocycles. The first kappa shape index (κ1) is 21.4. The molecule has 4 aromatic rings. The van der Waals surface area contributed by atoms with Crippen LogP contribution >= 0.6 is 11.6 Å². The van der Waals surface area contributed by atoms with Crippen molar-refractivity contribution in [2.24, 2.45) is 0 Å². The van der Waals surface area contributed by atoms with Crippen molar-refractivity contribution in [3.05, 3.63) is 59.6 Å². The molecule has 0 unspecified atom stereocenters. The third-order valence-corrected chi connectivity index (χ3v) is 5.40. The fraction of sp³-hybridized carbons (Fsp3) is 0.304. The Balaban J connectivity index is 1.57. The number of ether oxygens (including phenoxy) is 1. The second kappa shape index (κ2) is 8.17. The van der Waals surface area contributed by atoms with E-state index in [1.807, 2.05) is 6.07 Å². The van der Waals surface area contributed by atoms with Crippen LogP contribution in [0.1, 0.15) is 37.0 Å². The predicted octanol–water partition coefficient (Wildman–Crippen LogP) is 3.81. The molecule has 0 bridgehead atoms. The lowest BCUT2D eigenvalue weighted by molar-refractivity contribution is 0.0582. The van der Waals surface area contributed by atoms with Crippen molar-refractivity contribution in [2.75, 3.05) is 5.32 Å². The summed E-state index contributed by atoms with van der Waals surface area (Å²) in [5, 5.41) is 22.5. The fourth-order valence-electron chi connectivity index (χ4n) is 3.58. The number of carbonyl (C=O) groups is 1. The number of amides is 1. The molecule has 1 aromatic carbocycles. The molecule has 1 amide bonds. The summed E-state index contributed by atoms with van der Waals surface area (Å²) in [6.07, 6.45) is 8.51. The highest BCUT2D eigenvalue weighted by atomic mass is 35.5. The summed E-state index contributed by atoms with van der Waals surface area (Å²) in [7, 11) is 0. The van der Waals surface area contributed by atoms with Crippen molar-refractivity contribution in [1.82, 2.24) is 24.4 Å². The summed E-state index contributed by atoms with van der Waals surface area (Å²) in [5.74, 6) is 0.270. The molecule has 9 nitrogen and oxygen atoms in total. The molecule has 10 heteroatoms. The number of nitrogens with one attached hydrogen (secondary N) is 1. The Labute approximate surface area is 195 Å². The van der Waals surface area contributed by atoms with E-state index in [4.69, 9.17) is 16.3 Å². The topological polar surface area (TPSA) is 107 Å². The van der Waals surface area contributed by atoms with Gasteiger partial charge in [0.2, 0.25) is 0 Å². The third-order valence-electron chi connectivity index (χ3n) is 5.16. The van der Waals surface area contributed by atoms with Gasteiger partial charge in [-0.25, -0.2) is 9.50 Å². The summed E-state index contributed by atoms with van der Waals surface area (Å²) in [5.41, 5.74) is 1.48. The number of rotatable bonds is 7. The number of aromatic nitrogens is 5. The van der Waals surface area contributed by atoms with Gasteiger partial charge in [-0.05, 0) is 51.0 Å². The van der Waals surface area contributed by atoms with Crippen LogP contribution in [-0.4, -0.2) is 47.1 Å². The van der Waals surface area contributed by atoms with Gasteiger partial charge in [-0.1, -0.05) is 11.6 Å². The number of carbonyl (C=O) groups excluding carboxylic acids is 1. The highest BCUT2D eigenvalue weighted by Gasteiger charge is 2.28. The minimum Gasteiger partial charge on any atom is -0.490 e. The zero-order valence-corrected chi connectivity index (χ0v) is 19.0. The van der Waals surface area contributed by atoms with Crippen LogP contribution in [0.5, 0.6) is 5.75 Å². The lowest BCUT2D eigenvalue weighted by atomic mass is 10.1. The molecule has 170 valence electrons. The summed E-state index contributed by atoms with van der Waals surface area (Å²) in [6.45, 7) is 3.59. The molecule has 3 aromatic heterocycles. The first-order valence-electron chi connectivity index (χ1n) is 10.6. The third kappa shape index (κ3) is 4.55. The highest BCUT2D eigenvalue weighted by Crippen LogP contribution is 2.40. The van der Waals surface area contributed by atoms with Crippen LogP contribution in [0.4, 0.5) is 5.69 Å². The van der Waals surface area contributed by atoms with Gasteiger partial charge in [0.1, 0.15) is 11.3 Å². The number of nitrogens with zero attached hydrogens (tertiary/aromatic N) is 5. The van der Waals surface area contributed by atoms with Crippen molar-refractivity contribution in [2.45, 2.75) is 44.9 Å². The van der Waals surface area contributed by atoms with Crippen molar-refractivity contribution in [1.29, 1.82) is 0 Å². The van der Waals surface area contributed by atoms with Crippen LogP contribution < -0.4 is 10.1 Å². The zero-order valence-electron chi connectivity index (χ0n) is 18.2. The molecule has 0 saturated heterocycles. The van der Waals surface area contributed by atoms with Crippen LogP contribution in [0.2, 0.25) is 5.02 Å². The Morgan fingerprint density at radius 3 is 2.88 bits per heavy atom. The molecule has 0 atom stereocenters. The maximum Gasteiger partial charge on any atom is 0.261 e. The molecule has 1 fully saturated rings. The Morgan fingerprint density at radius 2 is 2.12 bits per heavy atom. The monoisotopic (exact) mass is 466 g/mol. The van der Waals surface area contributed by atoms with Crippen molar-refractivity contribution in [3.8, 4) is 17.0 Å². The van der Waals surface area contributed by atoms with E-state index in [0.29, 0.717) is 38.9 Å². The minimum absolute atomic E-state index is 0.165. The lowest BCUT2D eigenvalue weighted by Crippen LogP contribution is -2.27. The van der Waals surface area contributed by atoms with E-state index < -0.39 is 5.60 Å². The number of fused-ring (bicyclic) bond motifs is 1. The molecule has 0 radical (unpaired) electrons. The maximum absolute atomic E-state index is 13.2. The minimum atomic E-state index is -1.04. The molecule has 33 heavy (non-hydrogen) atoms. The van der Waals surface area contributed by atoms with Gasteiger partial charge in [-0.2, -0.15) is 10.2 Å². The first-order chi connectivity index (χ1) is 15.8. The molecule has 0 aliphatic heterocycles. The number of hydrogen-bond acceptors (Lipinski definition) is 6. The van der Waals surface area contributed by atoms with Gasteiger partial charge in [0.25, 0.3) is 5.91 Å². The number of aliphatic hydroxyl groups is 1. The number of benzene rings is 1. The second-order valence-corrected chi connectivity index (χ2v) is 9.17. The molecular weight excluding hydrogens is 444 g/mol. The molecule has 1 saturated carbocycles. The average molecular weight is 467 g/mol. The normalized spacial score (nSPS) is 13.9. The Hall–Kier alpha value is -3.43. The molecule has 5 rings (SSSR count). The maximum atomic E-state index is 13.2. The standard InChI is InChI=1S/C23H23ClN6O3/c1-23(2,32)13-30-20(16-10-14(24)4-7-19(16)33-15-5-6-15)18(12-27-30)28-22(31)17-11-26-29-9-3-8-25-21(17)29/h3-4,7-12,15,32H,5-6,13H2,1-2H3,(H,28,31). The molecular formula is C23H23ClN6O3. The SMILES string of the molecule is CC(C)(O)Cn1ncc(NC(=O)c2cnn3cccnc23)c1-c1cc(Cl)ccc1OC1CC1. The average Bonchev–Trinajstić information content (AvgIpc) is 3.34. The summed E-state index contributed by atoms with van der Waals surface area (Å²) in [6, 6.07) is 7.10. The van der Waals surface area contributed by atoms with Gasteiger partial charge < -0.3 is 15.2 Å². The fourth-order valence-corrected chi connectivity index (χ4v) is 3.75. The van der Waals surface area contributed by atoms with Gasteiger partial charge >= 0.3 is 0 Å². The van der Waals surface area contributed by atoms with E-state index >= 15 is 0 Å². The quantitative estimate of drug-likeness (QED) is 0.429. The molecule has 1 aliphatic carbocycles. The summed E-state index contributed by atoms with van der Waals surface area (Å²) >= 11 is 6.33. The van der Waals surface area contributed by atoms with E-state index in [0.717, 1.165) is 12.8 Å². The molecule has 0 spiro atoms. The largest absolute Gasteiger partial charge is 0.490 e. The van der Waals surface area contributed by atoms with Gasteiger partial charge in [0.05, 0.1) is 42.0 Å². The van der Waals surface area contributed by atoms with E-state index in [1.165, 1.54) is 10.7 Å². The van der Waals surface area contributed by atoms with Gasteiger partial charge in [0.15, 0.2) is 5.65 Å².